The Morgan fingerprint density at radius 2 is 1.96 bits per heavy atom. The van der Waals surface area contributed by atoms with E-state index in [-0.39, 0.29) is 11.8 Å². The lowest BCUT2D eigenvalue weighted by atomic mass is 9.81. The summed E-state index contributed by atoms with van der Waals surface area (Å²) in [5, 5.41) is 5.16. The fourth-order valence-electron chi connectivity index (χ4n) is 2.53. The molecule has 2 aromatic rings. The van der Waals surface area contributed by atoms with Gasteiger partial charge in [-0.2, -0.15) is 5.10 Å². The molecule has 1 fully saturated rings. The summed E-state index contributed by atoms with van der Waals surface area (Å²) >= 11 is 12.0. The minimum Gasteiger partial charge on any atom is -0.489 e. The molecule has 0 atom stereocenters. The molecule has 0 unspecified atom stereocenters. The van der Waals surface area contributed by atoms with E-state index >= 15 is 0 Å². The summed E-state index contributed by atoms with van der Waals surface area (Å²) in [6.07, 6.45) is 3.11. The molecule has 0 aromatic heterocycles. The molecule has 4 nitrogen and oxygen atoms in total. The summed E-state index contributed by atoms with van der Waals surface area (Å²) in [5.74, 6) is 0.661. The summed E-state index contributed by atoms with van der Waals surface area (Å²) in [7, 11) is 0. The Hall–Kier alpha value is -2.30. The summed E-state index contributed by atoms with van der Waals surface area (Å²) in [6.45, 7) is 4.18. The van der Waals surface area contributed by atoms with Gasteiger partial charge in [0.15, 0.2) is 0 Å². The lowest BCUT2D eigenvalue weighted by Crippen LogP contribution is -2.32. The van der Waals surface area contributed by atoms with Gasteiger partial charge in [0, 0.05) is 21.5 Å². The second-order valence-electron chi connectivity index (χ2n) is 6.18. The number of carbonyl (C=O) groups excluding carboxylic acids is 1. The minimum absolute atomic E-state index is 0.00937. The standard InChI is InChI=1S/C20H18Cl2N2O2/c1-13-8-16(9-13)20(25)24-23-11-14-2-6-18(7-3-14)26-12-15-4-5-17(21)10-19(15)22/h2-7,10-11,16H,1,8-9,12H2,(H,24,25)/b23-11-. The average molecular weight is 389 g/mol. The Morgan fingerprint density at radius 1 is 1.23 bits per heavy atom. The molecule has 0 bridgehead atoms. The number of hydrogen-bond donors (Lipinski definition) is 1. The van der Waals surface area contributed by atoms with Crippen LogP contribution in [0.3, 0.4) is 0 Å². The normalized spacial score (nSPS) is 14.3. The first-order valence-corrected chi connectivity index (χ1v) is 8.93. The first kappa shape index (κ1) is 18.5. The first-order chi connectivity index (χ1) is 12.5. The van der Waals surface area contributed by atoms with Crippen molar-refractivity contribution in [1.82, 2.24) is 5.43 Å². The topological polar surface area (TPSA) is 50.7 Å². The van der Waals surface area contributed by atoms with E-state index < -0.39 is 0 Å². The van der Waals surface area contributed by atoms with Gasteiger partial charge in [0.1, 0.15) is 12.4 Å². The number of carbonyl (C=O) groups is 1. The number of hydrogen-bond acceptors (Lipinski definition) is 3. The van der Waals surface area contributed by atoms with Gasteiger partial charge in [0.05, 0.1) is 6.21 Å². The van der Waals surface area contributed by atoms with Crippen molar-refractivity contribution in [2.75, 3.05) is 0 Å². The van der Waals surface area contributed by atoms with Crippen molar-refractivity contribution in [3.05, 3.63) is 75.8 Å². The van der Waals surface area contributed by atoms with Crippen LogP contribution >= 0.6 is 23.2 Å². The van der Waals surface area contributed by atoms with Gasteiger partial charge >= 0.3 is 0 Å². The lowest BCUT2D eigenvalue weighted by Gasteiger charge is -2.25. The van der Waals surface area contributed by atoms with Crippen molar-refractivity contribution in [2.45, 2.75) is 19.4 Å². The molecular weight excluding hydrogens is 371 g/mol. The van der Waals surface area contributed by atoms with Crippen LogP contribution in [0.2, 0.25) is 10.0 Å². The Kier molecular flexibility index (Phi) is 5.96. The molecule has 2 aromatic carbocycles. The number of allylic oxidation sites excluding steroid dienone is 1. The van der Waals surface area contributed by atoms with Gasteiger partial charge in [-0.15, -0.1) is 0 Å². The molecule has 6 heteroatoms. The molecule has 0 spiro atoms. The van der Waals surface area contributed by atoms with Crippen LogP contribution in [0.1, 0.15) is 24.0 Å². The molecule has 0 radical (unpaired) electrons. The molecule has 0 saturated heterocycles. The van der Waals surface area contributed by atoms with Gasteiger partial charge in [-0.05, 0) is 54.8 Å². The number of hydrazone groups is 1. The maximum absolute atomic E-state index is 11.8. The molecule has 26 heavy (non-hydrogen) atoms. The van der Waals surface area contributed by atoms with Crippen molar-refractivity contribution < 1.29 is 9.53 Å². The van der Waals surface area contributed by atoms with Gasteiger partial charge in [-0.1, -0.05) is 41.4 Å². The Morgan fingerprint density at radius 3 is 2.62 bits per heavy atom. The fourth-order valence-corrected chi connectivity index (χ4v) is 3.00. The van der Waals surface area contributed by atoms with E-state index in [0.29, 0.717) is 22.4 Å². The molecule has 0 aliphatic heterocycles. The summed E-state index contributed by atoms with van der Waals surface area (Å²) in [6, 6.07) is 12.7. The van der Waals surface area contributed by atoms with Crippen LogP contribution in [0, 0.1) is 5.92 Å². The third-order valence-corrected chi connectivity index (χ3v) is 4.71. The highest BCUT2D eigenvalue weighted by atomic mass is 35.5. The summed E-state index contributed by atoms with van der Waals surface area (Å²) in [5.41, 5.74) is 5.40. The van der Waals surface area contributed by atoms with Gasteiger partial charge in [0.25, 0.3) is 0 Å². The van der Waals surface area contributed by atoms with Crippen molar-refractivity contribution in [2.24, 2.45) is 11.0 Å². The van der Waals surface area contributed by atoms with Crippen LogP contribution in [-0.2, 0) is 11.4 Å². The SMILES string of the molecule is C=C1CC(C(=O)N/N=C\c2ccc(OCc3ccc(Cl)cc3Cl)cc2)C1. The number of nitrogens with zero attached hydrogens (tertiary/aromatic N) is 1. The van der Waals surface area contributed by atoms with Crippen molar-refractivity contribution >= 4 is 35.3 Å². The van der Waals surface area contributed by atoms with Crippen LogP contribution in [0.5, 0.6) is 5.75 Å². The largest absolute Gasteiger partial charge is 0.489 e. The molecular formula is C20H18Cl2N2O2. The monoisotopic (exact) mass is 388 g/mol. The third kappa shape index (κ3) is 4.87. The van der Waals surface area contributed by atoms with E-state index in [1.54, 1.807) is 18.3 Å². The maximum Gasteiger partial charge on any atom is 0.243 e. The van der Waals surface area contributed by atoms with E-state index in [0.717, 1.165) is 29.5 Å². The number of rotatable bonds is 6. The molecule has 134 valence electrons. The van der Waals surface area contributed by atoms with Gasteiger partial charge in [0.2, 0.25) is 5.91 Å². The van der Waals surface area contributed by atoms with E-state index in [1.165, 1.54) is 0 Å². The predicted octanol–water partition coefficient (Wildman–Crippen LogP) is 4.99. The predicted molar refractivity (Wildman–Crippen MR) is 105 cm³/mol. The van der Waals surface area contributed by atoms with Crippen LogP contribution in [0.4, 0.5) is 0 Å². The zero-order valence-corrected chi connectivity index (χ0v) is 15.6. The summed E-state index contributed by atoms with van der Waals surface area (Å²) in [4.78, 5) is 11.8. The first-order valence-electron chi connectivity index (χ1n) is 8.17. The molecule has 1 N–H and O–H groups in total. The van der Waals surface area contributed by atoms with E-state index in [1.807, 2.05) is 30.3 Å². The van der Waals surface area contributed by atoms with Gasteiger partial charge in [-0.3, -0.25) is 4.79 Å². The molecule has 1 saturated carbocycles. The molecule has 3 rings (SSSR count). The van der Waals surface area contributed by atoms with Crippen LogP contribution in [0.25, 0.3) is 0 Å². The highest BCUT2D eigenvalue weighted by Crippen LogP contribution is 2.31. The Bertz CT molecular complexity index is 839. The highest BCUT2D eigenvalue weighted by Gasteiger charge is 2.27. The summed E-state index contributed by atoms with van der Waals surface area (Å²) < 4.78 is 5.72. The minimum atomic E-state index is -0.0616. The number of halogens is 2. The second kappa shape index (κ2) is 8.39. The smallest absolute Gasteiger partial charge is 0.243 e. The lowest BCUT2D eigenvalue weighted by molar-refractivity contribution is -0.126. The number of amides is 1. The van der Waals surface area contributed by atoms with Crippen LogP contribution in [-0.4, -0.2) is 12.1 Å². The van der Waals surface area contributed by atoms with Crippen LogP contribution < -0.4 is 10.2 Å². The zero-order valence-electron chi connectivity index (χ0n) is 14.0. The Labute approximate surface area is 162 Å². The van der Waals surface area contributed by atoms with E-state index in [9.17, 15) is 4.79 Å². The zero-order chi connectivity index (χ0) is 18.5. The van der Waals surface area contributed by atoms with E-state index in [2.05, 4.69) is 17.1 Å². The molecule has 1 aliphatic rings. The van der Waals surface area contributed by atoms with Crippen molar-refractivity contribution in [3.63, 3.8) is 0 Å². The number of ether oxygens (including phenoxy) is 1. The van der Waals surface area contributed by atoms with Crippen LogP contribution in [0.15, 0.2) is 59.7 Å². The van der Waals surface area contributed by atoms with Crippen molar-refractivity contribution in [3.8, 4) is 5.75 Å². The van der Waals surface area contributed by atoms with Gasteiger partial charge in [-0.25, -0.2) is 5.43 Å². The quantitative estimate of drug-likeness (QED) is 0.430. The van der Waals surface area contributed by atoms with Gasteiger partial charge < -0.3 is 4.74 Å². The Balaban J connectivity index is 1.49. The molecule has 1 aliphatic carbocycles. The second-order valence-corrected chi connectivity index (χ2v) is 7.03. The molecule has 0 heterocycles. The number of nitrogens with one attached hydrogen (secondary N) is 1. The highest BCUT2D eigenvalue weighted by molar-refractivity contribution is 6.35. The molecule has 1 amide bonds. The van der Waals surface area contributed by atoms with Crippen molar-refractivity contribution in [1.29, 1.82) is 0 Å². The fraction of sp³-hybridized carbons (Fsp3) is 0.200. The maximum atomic E-state index is 11.8. The van der Waals surface area contributed by atoms with E-state index in [4.69, 9.17) is 27.9 Å². The average Bonchev–Trinajstić information content (AvgIpc) is 2.59. The number of benzene rings is 2. The third-order valence-electron chi connectivity index (χ3n) is 4.12.